The third-order valence-electron chi connectivity index (χ3n) is 5.48. The number of nitrogens with one attached hydrogen (secondary N) is 2. The summed E-state index contributed by atoms with van der Waals surface area (Å²) in [6.07, 6.45) is 0.796. The second kappa shape index (κ2) is 9.72. The van der Waals surface area contributed by atoms with Crippen LogP contribution >= 0.6 is 0 Å². The minimum atomic E-state index is -3.98. The van der Waals surface area contributed by atoms with E-state index in [1.165, 1.54) is 24.3 Å². The van der Waals surface area contributed by atoms with Crippen molar-refractivity contribution < 1.29 is 27.1 Å². The van der Waals surface area contributed by atoms with E-state index in [1.807, 2.05) is 25.1 Å². The Morgan fingerprint density at radius 1 is 0.971 bits per heavy atom. The lowest BCUT2D eigenvalue weighted by Gasteiger charge is -2.18. The molecule has 178 valence electrons. The fourth-order valence-electron chi connectivity index (χ4n) is 3.55. The predicted octanol–water partition coefficient (Wildman–Crippen LogP) is 4.59. The van der Waals surface area contributed by atoms with Crippen molar-refractivity contribution in [3.63, 3.8) is 0 Å². The second-order valence-electron chi connectivity index (χ2n) is 8.04. The third-order valence-corrected chi connectivity index (χ3v) is 6.86. The summed E-state index contributed by atoms with van der Waals surface area (Å²) < 4.78 is 52.5. The number of benzene rings is 3. The Morgan fingerprint density at radius 3 is 2.41 bits per heavy atom. The van der Waals surface area contributed by atoms with Gasteiger partial charge >= 0.3 is 0 Å². The van der Waals surface area contributed by atoms with Gasteiger partial charge in [-0.05, 0) is 73.5 Å². The van der Waals surface area contributed by atoms with E-state index in [1.54, 1.807) is 13.0 Å². The van der Waals surface area contributed by atoms with E-state index in [0.29, 0.717) is 30.3 Å². The number of hydrogen-bond acceptors (Lipinski definition) is 5. The molecule has 2 N–H and O–H groups in total. The van der Waals surface area contributed by atoms with Gasteiger partial charge in [0.1, 0.15) is 5.82 Å². The number of sulfonamides is 1. The third kappa shape index (κ3) is 5.31. The predicted molar refractivity (Wildman–Crippen MR) is 126 cm³/mol. The number of hydrogen-bond donors (Lipinski definition) is 2. The molecule has 1 atom stereocenters. The smallest absolute Gasteiger partial charge is 0.261 e. The van der Waals surface area contributed by atoms with E-state index < -0.39 is 21.7 Å². The molecule has 1 aliphatic heterocycles. The summed E-state index contributed by atoms with van der Waals surface area (Å²) in [5.41, 5.74) is 1.92. The molecule has 34 heavy (non-hydrogen) atoms. The van der Waals surface area contributed by atoms with Gasteiger partial charge in [0.25, 0.3) is 15.9 Å². The molecule has 1 amide bonds. The highest BCUT2D eigenvalue weighted by atomic mass is 32.2. The number of carbonyl (C=O) groups is 1. The molecule has 1 aliphatic rings. The topological polar surface area (TPSA) is 93.7 Å². The molecule has 0 saturated heterocycles. The van der Waals surface area contributed by atoms with E-state index in [4.69, 9.17) is 9.47 Å². The van der Waals surface area contributed by atoms with Gasteiger partial charge in [-0.15, -0.1) is 0 Å². The molecule has 3 aromatic rings. The Bertz CT molecular complexity index is 1310. The Balaban J connectivity index is 1.52. The normalized spacial score (nSPS) is 14.1. The Labute approximate surface area is 198 Å². The van der Waals surface area contributed by atoms with Gasteiger partial charge in [0.2, 0.25) is 0 Å². The molecule has 1 heterocycles. The summed E-state index contributed by atoms with van der Waals surface area (Å²) in [5.74, 6) is 0.422. The minimum Gasteiger partial charge on any atom is -0.490 e. The summed E-state index contributed by atoms with van der Waals surface area (Å²) in [4.78, 5) is 13.0. The molecule has 0 bridgehead atoms. The first-order valence-corrected chi connectivity index (χ1v) is 12.3. The monoisotopic (exact) mass is 484 g/mol. The summed E-state index contributed by atoms with van der Waals surface area (Å²) in [7, 11) is -3.98. The summed E-state index contributed by atoms with van der Waals surface area (Å²) in [6, 6.07) is 14.5. The van der Waals surface area contributed by atoms with Gasteiger partial charge in [0.05, 0.1) is 24.2 Å². The van der Waals surface area contributed by atoms with Crippen molar-refractivity contribution >= 4 is 21.6 Å². The maximum absolute atomic E-state index is 13.1. The van der Waals surface area contributed by atoms with Crippen molar-refractivity contribution in [2.75, 3.05) is 17.9 Å². The largest absolute Gasteiger partial charge is 0.490 e. The minimum absolute atomic E-state index is 0.0733. The molecule has 4 rings (SSSR count). The number of amides is 1. The Hall–Kier alpha value is -3.59. The van der Waals surface area contributed by atoms with Crippen LogP contribution in [0.1, 0.15) is 40.9 Å². The highest BCUT2D eigenvalue weighted by Gasteiger charge is 2.20. The van der Waals surface area contributed by atoms with Crippen LogP contribution in [0.5, 0.6) is 11.5 Å². The van der Waals surface area contributed by atoms with Crippen LogP contribution in [0.3, 0.4) is 0 Å². The van der Waals surface area contributed by atoms with Crippen molar-refractivity contribution in [3.05, 3.63) is 83.2 Å². The summed E-state index contributed by atoms with van der Waals surface area (Å²) in [6.45, 7) is 4.72. The maximum atomic E-state index is 13.1. The first kappa shape index (κ1) is 23.6. The lowest BCUT2D eigenvalue weighted by Crippen LogP contribution is -2.27. The lowest BCUT2D eigenvalue weighted by atomic mass is 10.1. The highest BCUT2D eigenvalue weighted by Crippen LogP contribution is 2.32. The summed E-state index contributed by atoms with van der Waals surface area (Å²) >= 11 is 0. The number of rotatable bonds is 6. The number of fused-ring (bicyclic) bond motifs is 1. The van der Waals surface area contributed by atoms with Crippen molar-refractivity contribution in [1.82, 2.24) is 5.32 Å². The van der Waals surface area contributed by atoms with Crippen molar-refractivity contribution in [3.8, 4) is 11.5 Å². The van der Waals surface area contributed by atoms with E-state index in [-0.39, 0.29) is 22.2 Å². The van der Waals surface area contributed by atoms with E-state index >= 15 is 0 Å². The van der Waals surface area contributed by atoms with Crippen LogP contribution in [0.15, 0.2) is 65.6 Å². The molecule has 7 nitrogen and oxygen atoms in total. The second-order valence-corrected chi connectivity index (χ2v) is 9.72. The van der Waals surface area contributed by atoms with Crippen molar-refractivity contribution in [1.29, 1.82) is 0 Å². The van der Waals surface area contributed by atoms with Gasteiger partial charge in [0, 0.05) is 17.7 Å². The number of carbonyl (C=O) groups excluding carboxylic acids is 1. The Kier molecular flexibility index (Phi) is 6.74. The zero-order chi connectivity index (χ0) is 24.3. The standard InChI is InChI=1S/C25H25FN2O5S/c1-16-4-10-21(34(30,31)28-20-8-6-19(26)7-9-20)15-22(16)25(29)27-17(2)18-5-11-23-24(14-18)33-13-3-12-32-23/h4-11,14-15,17,28H,3,12-13H2,1-2H3,(H,27,29). The number of anilines is 1. The molecule has 0 saturated carbocycles. The average molecular weight is 485 g/mol. The Morgan fingerprint density at radius 2 is 1.68 bits per heavy atom. The first-order chi connectivity index (χ1) is 16.2. The average Bonchev–Trinajstić information content (AvgIpc) is 3.05. The van der Waals surface area contributed by atoms with E-state index in [2.05, 4.69) is 10.0 Å². The van der Waals surface area contributed by atoms with Gasteiger partial charge in [0.15, 0.2) is 11.5 Å². The van der Waals surface area contributed by atoms with Gasteiger partial charge < -0.3 is 14.8 Å². The molecular weight excluding hydrogens is 459 g/mol. The lowest BCUT2D eigenvalue weighted by molar-refractivity contribution is 0.0939. The van der Waals surface area contributed by atoms with Crippen LogP contribution in [0.25, 0.3) is 0 Å². The number of ether oxygens (including phenoxy) is 2. The van der Waals surface area contributed by atoms with Gasteiger partial charge in [-0.3, -0.25) is 9.52 Å². The number of aryl methyl sites for hydroxylation is 1. The quantitative estimate of drug-likeness (QED) is 0.534. The van der Waals surface area contributed by atoms with Gasteiger partial charge in [-0.2, -0.15) is 0 Å². The molecule has 0 spiro atoms. The van der Waals surface area contributed by atoms with Crippen molar-refractivity contribution in [2.24, 2.45) is 0 Å². The number of halogens is 1. The van der Waals surface area contributed by atoms with Gasteiger partial charge in [-0.1, -0.05) is 12.1 Å². The first-order valence-electron chi connectivity index (χ1n) is 10.8. The molecule has 0 radical (unpaired) electrons. The van der Waals surface area contributed by atoms with E-state index in [0.717, 1.165) is 24.1 Å². The zero-order valence-electron chi connectivity index (χ0n) is 18.8. The molecular formula is C25H25FN2O5S. The maximum Gasteiger partial charge on any atom is 0.261 e. The van der Waals surface area contributed by atoms with Crippen molar-refractivity contribution in [2.45, 2.75) is 31.2 Å². The molecule has 3 aromatic carbocycles. The SMILES string of the molecule is Cc1ccc(S(=O)(=O)Nc2ccc(F)cc2)cc1C(=O)NC(C)c1ccc2c(c1)OCCCO2. The molecule has 0 aliphatic carbocycles. The van der Waals surface area contributed by atoms with Crippen LogP contribution in [0.2, 0.25) is 0 Å². The van der Waals surface area contributed by atoms with Crippen LogP contribution in [0.4, 0.5) is 10.1 Å². The van der Waals surface area contributed by atoms with Gasteiger partial charge in [-0.25, -0.2) is 12.8 Å². The van der Waals surface area contributed by atoms with Crippen LogP contribution in [-0.2, 0) is 10.0 Å². The van der Waals surface area contributed by atoms with Crippen LogP contribution in [-0.4, -0.2) is 27.5 Å². The fourth-order valence-corrected chi connectivity index (χ4v) is 4.64. The molecule has 0 aromatic heterocycles. The molecule has 1 unspecified atom stereocenters. The van der Waals surface area contributed by atoms with E-state index in [9.17, 15) is 17.6 Å². The molecule has 9 heteroatoms. The van der Waals surface area contributed by atoms with Crippen LogP contribution < -0.4 is 19.5 Å². The fraction of sp³-hybridized carbons (Fsp3) is 0.240. The highest BCUT2D eigenvalue weighted by molar-refractivity contribution is 7.92. The van der Waals surface area contributed by atoms with Crippen LogP contribution in [0, 0.1) is 12.7 Å². The zero-order valence-corrected chi connectivity index (χ0v) is 19.6. The molecule has 0 fully saturated rings. The summed E-state index contributed by atoms with van der Waals surface area (Å²) in [5, 5.41) is 2.92.